The standard InChI is InChI=1S/C18H27BrNO6P/c1-6-23-27(22,24-7-2)25-12-8-9-14-10-11-15(19)13-16(14)20-17(21)26-18(3,4)5/h8-11,13H,6-7,12H2,1-5H3,(H,20,21)/b9-8+. The lowest BCUT2D eigenvalue weighted by molar-refractivity contribution is 0.0635. The summed E-state index contributed by atoms with van der Waals surface area (Å²) < 4.78 is 33.7. The van der Waals surface area contributed by atoms with Gasteiger partial charge in [-0.1, -0.05) is 34.1 Å². The molecule has 0 atom stereocenters. The third-order valence-electron chi connectivity index (χ3n) is 2.85. The van der Waals surface area contributed by atoms with E-state index in [1.807, 2.05) is 12.1 Å². The summed E-state index contributed by atoms with van der Waals surface area (Å²) in [7, 11) is -3.55. The Morgan fingerprint density at radius 2 is 1.81 bits per heavy atom. The molecule has 9 heteroatoms. The van der Waals surface area contributed by atoms with Crippen molar-refractivity contribution in [3.63, 3.8) is 0 Å². The van der Waals surface area contributed by atoms with Crippen LogP contribution in [0.5, 0.6) is 0 Å². The number of rotatable bonds is 9. The van der Waals surface area contributed by atoms with E-state index in [0.717, 1.165) is 10.0 Å². The van der Waals surface area contributed by atoms with Crippen molar-refractivity contribution in [1.29, 1.82) is 0 Å². The molecule has 0 aromatic heterocycles. The first kappa shape index (κ1) is 23.9. The Hall–Kier alpha value is -1.18. The Bertz CT molecular complexity index is 692. The monoisotopic (exact) mass is 463 g/mol. The first-order chi connectivity index (χ1) is 12.6. The van der Waals surface area contributed by atoms with Crippen molar-refractivity contribution in [3.8, 4) is 0 Å². The van der Waals surface area contributed by atoms with Crippen LogP contribution in [-0.4, -0.2) is 31.5 Å². The number of ether oxygens (including phenoxy) is 1. The van der Waals surface area contributed by atoms with E-state index in [4.69, 9.17) is 18.3 Å². The first-order valence-electron chi connectivity index (χ1n) is 8.58. The quantitative estimate of drug-likeness (QED) is 0.451. The maximum atomic E-state index is 12.2. The van der Waals surface area contributed by atoms with Gasteiger partial charge in [0.2, 0.25) is 0 Å². The molecule has 0 spiro atoms. The summed E-state index contributed by atoms with van der Waals surface area (Å²) in [5.74, 6) is 0. The average molecular weight is 464 g/mol. The van der Waals surface area contributed by atoms with Crippen molar-refractivity contribution in [1.82, 2.24) is 0 Å². The van der Waals surface area contributed by atoms with Gasteiger partial charge in [-0.05, 0) is 52.3 Å². The minimum absolute atomic E-state index is 0.0270. The van der Waals surface area contributed by atoms with Crippen molar-refractivity contribution in [2.45, 2.75) is 40.2 Å². The number of benzene rings is 1. The summed E-state index contributed by atoms with van der Waals surface area (Å²) in [5.41, 5.74) is 0.697. The predicted octanol–water partition coefficient (Wildman–Crippen LogP) is 6.01. The maximum Gasteiger partial charge on any atom is 0.475 e. The second-order valence-corrected chi connectivity index (χ2v) is 8.92. The van der Waals surface area contributed by atoms with Gasteiger partial charge in [-0.2, -0.15) is 0 Å². The number of phosphoric ester groups is 1. The van der Waals surface area contributed by atoms with E-state index >= 15 is 0 Å². The molecule has 0 saturated carbocycles. The molecule has 0 bridgehead atoms. The Morgan fingerprint density at radius 1 is 1.19 bits per heavy atom. The minimum Gasteiger partial charge on any atom is -0.444 e. The van der Waals surface area contributed by atoms with Gasteiger partial charge < -0.3 is 4.74 Å². The van der Waals surface area contributed by atoms with E-state index in [1.54, 1.807) is 52.8 Å². The van der Waals surface area contributed by atoms with Crippen LogP contribution in [0.25, 0.3) is 6.08 Å². The summed E-state index contributed by atoms with van der Waals surface area (Å²) >= 11 is 3.38. The van der Waals surface area contributed by atoms with Crippen LogP contribution in [0.3, 0.4) is 0 Å². The van der Waals surface area contributed by atoms with Crippen LogP contribution >= 0.6 is 23.8 Å². The predicted molar refractivity (Wildman–Crippen MR) is 110 cm³/mol. The molecule has 1 rings (SSSR count). The number of carbonyl (C=O) groups is 1. The van der Waals surface area contributed by atoms with E-state index in [9.17, 15) is 9.36 Å². The van der Waals surface area contributed by atoms with Crippen LogP contribution in [0.2, 0.25) is 0 Å². The second-order valence-electron chi connectivity index (χ2n) is 6.34. The molecule has 7 nitrogen and oxygen atoms in total. The van der Waals surface area contributed by atoms with Crippen LogP contribution in [0.1, 0.15) is 40.2 Å². The zero-order valence-corrected chi connectivity index (χ0v) is 18.8. The summed E-state index contributed by atoms with van der Waals surface area (Å²) in [5, 5.41) is 2.72. The summed E-state index contributed by atoms with van der Waals surface area (Å²) in [6.45, 7) is 9.26. The number of halogens is 1. The molecule has 1 aromatic carbocycles. The molecule has 0 unspecified atom stereocenters. The van der Waals surface area contributed by atoms with E-state index in [2.05, 4.69) is 21.2 Å². The zero-order valence-electron chi connectivity index (χ0n) is 16.3. The van der Waals surface area contributed by atoms with Crippen LogP contribution < -0.4 is 5.32 Å². The SMILES string of the molecule is CCOP(=O)(OCC)OC/C=C/c1ccc(Br)cc1NC(=O)OC(C)(C)C. The molecule has 0 saturated heterocycles. The highest BCUT2D eigenvalue weighted by Crippen LogP contribution is 2.49. The van der Waals surface area contributed by atoms with E-state index in [0.29, 0.717) is 5.69 Å². The van der Waals surface area contributed by atoms with Gasteiger partial charge in [0.25, 0.3) is 0 Å². The number of amides is 1. The lowest BCUT2D eigenvalue weighted by atomic mass is 10.1. The van der Waals surface area contributed by atoms with Crippen molar-refractivity contribution in [2.75, 3.05) is 25.1 Å². The molecule has 0 aliphatic heterocycles. The van der Waals surface area contributed by atoms with Gasteiger partial charge >= 0.3 is 13.9 Å². The van der Waals surface area contributed by atoms with E-state index in [-0.39, 0.29) is 19.8 Å². The van der Waals surface area contributed by atoms with Gasteiger partial charge in [0.1, 0.15) is 5.60 Å². The number of anilines is 1. The Balaban J connectivity index is 2.81. The molecule has 1 N–H and O–H groups in total. The summed E-state index contributed by atoms with van der Waals surface area (Å²) in [4.78, 5) is 12.0. The van der Waals surface area contributed by atoms with Crippen molar-refractivity contribution >= 4 is 41.6 Å². The molecule has 0 aliphatic rings. The molecule has 1 aromatic rings. The molecule has 27 heavy (non-hydrogen) atoms. The normalized spacial score (nSPS) is 12.4. The molecule has 0 aliphatic carbocycles. The third-order valence-corrected chi connectivity index (χ3v) is 4.96. The fraction of sp³-hybridized carbons (Fsp3) is 0.500. The van der Waals surface area contributed by atoms with Gasteiger partial charge in [0.05, 0.1) is 25.5 Å². The number of hydrogen-bond donors (Lipinski definition) is 1. The highest BCUT2D eigenvalue weighted by Gasteiger charge is 2.24. The molecule has 1 amide bonds. The number of carbonyl (C=O) groups excluding carboxylic acids is 1. The fourth-order valence-corrected chi connectivity index (χ4v) is 3.42. The van der Waals surface area contributed by atoms with Gasteiger partial charge in [-0.3, -0.25) is 18.9 Å². The van der Waals surface area contributed by atoms with Gasteiger partial charge in [-0.25, -0.2) is 9.36 Å². The van der Waals surface area contributed by atoms with Crippen LogP contribution in [-0.2, 0) is 22.9 Å². The Labute approximate surface area is 169 Å². The Kier molecular flexibility index (Phi) is 9.70. The number of phosphoric acid groups is 1. The summed E-state index contributed by atoms with van der Waals surface area (Å²) in [6.07, 6.45) is 2.85. The van der Waals surface area contributed by atoms with Gasteiger partial charge in [0, 0.05) is 4.47 Å². The maximum absolute atomic E-state index is 12.2. The number of nitrogens with one attached hydrogen (secondary N) is 1. The molecule has 0 fully saturated rings. The second kappa shape index (κ2) is 11.0. The van der Waals surface area contributed by atoms with Crippen LogP contribution in [0, 0.1) is 0 Å². The smallest absolute Gasteiger partial charge is 0.444 e. The minimum atomic E-state index is -3.55. The fourth-order valence-electron chi connectivity index (χ4n) is 1.93. The van der Waals surface area contributed by atoms with Crippen LogP contribution in [0.4, 0.5) is 10.5 Å². The lowest BCUT2D eigenvalue weighted by Crippen LogP contribution is -2.27. The molecular weight excluding hydrogens is 437 g/mol. The summed E-state index contributed by atoms with van der Waals surface area (Å²) in [6, 6.07) is 5.42. The van der Waals surface area contributed by atoms with Crippen molar-refractivity contribution < 1.29 is 27.7 Å². The lowest BCUT2D eigenvalue weighted by Gasteiger charge is -2.20. The van der Waals surface area contributed by atoms with Crippen molar-refractivity contribution in [2.24, 2.45) is 0 Å². The molecule has 0 heterocycles. The Morgan fingerprint density at radius 3 is 2.37 bits per heavy atom. The zero-order chi connectivity index (χ0) is 20.5. The van der Waals surface area contributed by atoms with E-state index < -0.39 is 19.5 Å². The average Bonchev–Trinajstić information content (AvgIpc) is 2.52. The molecule has 0 radical (unpaired) electrons. The first-order valence-corrected chi connectivity index (χ1v) is 10.8. The largest absolute Gasteiger partial charge is 0.475 e. The third kappa shape index (κ3) is 9.53. The molecule has 152 valence electrons. The van der Waals surface area contributed by atoms with Gasteiger partial charge in [-0.15, -0.1) is 0 Å². The molecular formula is C18H27BrNO6P. The van der Waals surface area contributed by atoms with Crippen LogP contribution in [0.15, 0.2) is 28.7 Å². The van der Waals surface area contributed by atoms with Crippen molar-refractivity contribution in [3.05, 3.63) is 34.3 Å². The topological polar surface area (TPSA) is 83.1 Å². The van der Waals surface area contributed by atoms with E-state index in [1.165, 1.54) is 0 Å². The van der Waals surface area contributed by atoms with Gasteiger partial charge in [0.15, 0.2) is 0 Å². The highest BCUT2D eigenvalue weighted by molar-refractivity contribution is 9.10. The highest BCUT2D eigenvalue weighted by atomic mass is 79.9. The number of hydrogen-bond acceptors (Lipinski definition) is 6.